The van der Waals surface area contributed by atoms with E-state index in [1.165, 1.54) is 12.1 Å². The van der Waals surface area contributed by atoms with Crippen LogP contribution >= 0.6 is 11.6 Å². The molecule has 1 N–H and O–H groups in total. The van der Waals surface area contributed by atoms with Crippen molar-refractivity contribution in [2.75, 3.05) is 11.9 Å². The maximum Gasteiger partial charge on any atom is 0.336 e. The van der Waals surface area contributed by atoms with Gasteiger partial charge in [0, 0.05) is 23.2 Å². The van der Waals surface area contributed by atoms with E-state index in [-0.39, 0.29) is 18.3 Å². The van der Waals surface area contributed by atoms with E-state index in [1.807, 2.05) is 54.6 Å². The molecule has 0 radical (unpaired) electrons. The second-order valence-electron chi connectivity index (χ2n) is 7.18. The van der Waals surface area contributed by atoms with Crippen LogP contribution in [0.3, 0.4) is 0 Å². The van der Waals surface area contributed by atoms with Crippen LogP contribution in [0.4, 0.5) is 5.69 Å². The van der Waals surface area contributed by atoms with Crippen LogP contribution in [-0.2, 0) is 11.2 Å². The largest absolute Gasteiger partial charge is 0.482 e. The van der Waals surface area contributed by atoms with Gasteiger partial charge in [-0.15, -0.1) is 0 Å². The molecular formula is C25H20ClNO4. The quantitative estimate of drug-likeness (QED) is 0.415. The molecule has 1 amide bonds. The molecule has 1 aromatic heterocycles. The molecule has 0 spiro atoms. The van der Waals surface area contributed by atoms with Gasteiger partial charge in [0.25, 0.3) is 5.91 Å². The molecule has 31 heavy (non-hydrogen) atoms. The van der Waals surface area contributed by atoms with Crippen LogP contribution in [0.15, 0.2) is 82.0 Å². The van der Waals surface area contributed by atoms with Crippen molar-refractivity contribution in [3.8, 4) is 5.75 Å². The van der Waals surface area contributed by atoms with Crippen LogP contribution < -0.4 is 15.7 Å². The van der Waals surface area contributed by atoms with E-state index < -0.39 is 5.63 Å². The van der Waals surface area contributed by atoms with E-state index in [9.17, 15) is 9.59 Å². The lowest BCUT2D eigenvalue weighted by atomic mass is 10.0. The predicted molar refractivity (Wildman–Crippen MR) is 122 cm³/mol. The summed E-state index contributed by atoms with van der Waals surface area (Å²) in [6.45, 7) is 1.57. The van der Waals surface area contributed by atoms with Gasteiger partial charge < -0.3 is 14.5 Å². The van der Waals surface area contributed by atoms with Gasteiger partial charge in [-0.1, -0.05) is 60.1 Å². The van der Waals surface area contributed by atoms with E-state index >= 15 is 0 Å². The third-order valence-corrected chi connectivity index (χ3v) is 5.19. The number of para-hydroxylation sites is 1. The van der Waals surface area contributed by atoms with E-state index in [1.54, 1.807) is 13.0 Å². The Balaban J connectivity index is 1.47. The first kappa shape index (κ1) is 20.7. The third kappa shape index (κ3) is 4.95. The molecule has 0 aliphatic rings. The fraction of sp³-hybridized carbons (Fsp3) is 0.120. The van der Waals surface area contributed by atoms with Crippen LogP contribution in [0.25, 0.3) is 11.0 Å². The second-order valence-corrected chi connectivity index (χ2v) is 7.59. The summed E-state index contributed by atoms with van der Waals surface area (Å²) in [5.41, 5.74) is 3.55. The van der Waals surface area contributed by atoms with Crippen LogP contribution in [0.5, 0.6) is 5.75 Å². The average Bonchev–Trinajstić information content (AvgIpc) is 2.75. The van der Waals surface area contributed by atoms with Gasteiger partial charge in [0.15, 0.2) is 6.61 Å². The molecule has 156 valence electrons. The van der Waals surface area contributed by atoms with Gasteiger partial charge >= 0.3 is 5.63 Å². The van der Waals surface area contributed by atoms with E-state index in [4.69, 9.17) is 20.8 Å². The van der Waals surface area contributed by atoms with Crippen molar-refractivity contribution in [1.82, 2.24) is 0 Å². The van der Waals surface area contributed by atoms with Crippen molar-refractivity contribution in [3.05, 3.63) is 105 Å². The number of benzene rings is 3. The molecule has 0 saturated carbocycles. The fourth-order valence-corrected chi connectivity index (χ4v) is 3.59. The van der Waals surface area contributed by atoms with Gasteiger partial charge in [0.05, 0.1) is 5.02 Å². The molecule has 0 bridgehead atoms. The SMILES string of the molecule is Cc1cc(=O)oc2cc(OCC(=O)Nc3ccccc3Cc3ccccc3)c(Cl)cc12. The first-order valence-corrected chi connectivity index (χ1v) is 10.2. The van der Waals surface area contributed by atoms with Crippen molar-refractivity contribution < 1.29 is 13.9 Å². The van der Waals surface area contributed by atoms with Gasteiger partial charge in [-0.05, 0) is 42.2 Å². The van der Waals surface area contributed by atoms with Gasteiger partial charge in [-0.2, -0.15) is 0 Å². The number of hydrogen-bond donors (Lipinski definition) is 1. The Labute approximate surface area is 184 Å². The molecule has 1 heterocycles. The smallest absolute Gasteiger partial charge is 0.336 e. The Morgan fingerprint density at radius 2 is 1.77 bits per heavy atom. The van der Waals surface area contributed by atoms with E-state index in [2.05, 4.69) is 5.32 Å². The lowest BCUT2D eigenvalue weighted by Gasteiger charge is -2.13. The minimum absolute atomic E-state index is 0.235. The van der Waals surface area contributed by atoms with Gasteiger partial charge in [0.2, 0.25) is 0 Å². The number of hydrogen-bond acceptors (Lipinski definition) is 4. The number of halogens is 1. The van der Waals surface area contributed by atoms with Crippen LogP contribution in [0.2, 0.25) is 5.02 Å². The predicted octanol–water partition coefficient (Wildman–Crippen LogP) is 5.36. The summed E-state index contributed by atoms with van der Waals surface area (Å²) in [5, 5.41) is 3.95. The number of carbonyl (C=O) groups excluding carboxylic acids is 1. The Bertz CT molecular complexity index is 1300. The zero-order valence-corrected chi connectivity index (χ0v) is 17.6. The third-order valence-electron chi connectivity index (χ3n) is 4.89. The molecule has 0 saturated heterocycles. The summed E-state index contributed by atoms with van der Waals surface area (Å²) in [6, 6.07) is 22.3. The first-order valence-electron chi connectivity index (χ1n) is 9.78. The zero-order chi connectivity index (χ0) is 21.8. The first-order chi connectivity index (χ1) is 15.0. The van der Waals surface area contributed by atoms with Crippen molar-refractivity contribution in [2.45, 2.75) is 13.3 Å². The number of amides is 1. The fourth-order valence-electron chi connectivity index (χ4n) is 3.37. The molecule has 0 aliphatic heterocycles. The molecule has 6 heteroatoms. The topological polar surface area (TPSA) is 68.5 Å². The number of anilines is 1. The lowest BCUT2D eigenvalue weighted by molar-refractivity contribution is -0.118. The maximum atomic E-state index is 12.5. The molecule has 4 rings (SSSR count). The molecule has 3 aromatic carbocycles. The molecule has 0 atom stereocenters. The lowest BCUT2D eigenvalue weighted by Crippen LogP contribution is -2.21. The molecule has 0 unspecified atom stereocenters. The van der Waals surface area contributed by atoms with Crippen molar-refractivity contribution in [2.24, 2.45) is 0 Å². The summed E-state index contributed by atoms with van der Waals surface area (Å²) >= 11 is 6.30. The molecule has 5 nitrogen and oxygen atoms in total. The minimum atomic E-state index is -0.453. The Kier molecular flexibility index (Phi) is 6.05. The highest BCUT2D eigenvalue weighted by Crippen LogP contribution is 2.31. The molecular weight excluding hydrogens is 414 g/mol. The second kappa shape index (κ2) is 9.06. The van der Waals surface area contributed by atoms with Crippen molar-refractivity contribution in [1.29, 1.82) is 0 Å². The van der Waals surface area contributed by atoms with Crippen LogP contribution in [0.1, 0.15) is 16.7 Å². The summed E-state index contributed by atoms with van der Waals surface area (Å²) in [6.07, 6.45) is 0.701. The zero-order valence-electron chi connectivity index (χ0n) is 16.9. The highest BCUT2D eigenvalue weighted by atomic mass is 35.5. The Hall–Kier alpha value is -3.57. The van der Waals surface area contributed by atoms with Crippen LogP contribution in [-0.4, -0.2) is 12.5 Å². The number of ether oxygens (including phenoxy) is 1. The number of aryl methyl sites for hydroxylation is 1. The standard InChI is InChI=1S/C25H20ClNO4/c1-16-11-25(29)31-22-14-23(20(26)13-19(16)22)30-15-24(28)27-21-10-6-5-9-18(21)12-17-7-3-2-4-8-17/h2-11,13-14H,12,15H2,1H3,(H,27,28). The Morgan fingerprint density at radius 1 is 1.03 bits per heavy atom. The average molecular weight is 434 g/mol. The number of fused-ring (bicyclic) bond motifs is 1. The number of rotatable bonds is 6. The van der Waals surface area contributed by atoms with E-state index in [0.717, 1.165) is 27.8 Å². The van der Waals surface area contributed by atoms with Gasteiger partial charge in [-0.3, -0.25) is 4.79 Å². The molecule has 0 aliphatic carbocycles. The normalized spacial score (nSPS) is 10.8. The van der Waals surface area contributed by atoms with Gasteiger partial charge in [0.1, 0.15) is 11.3 Å². The maximum absolute atomic E-state index is 12.5. The highest BCUT2D eigenvalue weighted by Gasteiger charge is 2.12. The summed E-state index contributed by atoms with van der Waals surface area (Å²) in [5.74, 6) is -0.0435. The van der Waals surface area contributed by atoms with E-state index in [0.29, 0.717) is 17.0 Å². The Morgan fingerprint density at radius 3 is 2.58 bits per heavy atom. The monoisotopic (exact) mass is 433 g/mol. The van der Waals surface area contributed by atoms with Crippen molar-refractivity contribution >= 4 is 34.2 Å². The molecule has 4 aromatic rings. The van der Waals surface area contributed by atoms with Crippen molar-refractivity contribution in [3.63, 3.8) is 0 Å². The summed E-state index contributed by atoms with van der Waals surface area (Å²) in [4.78, 5) is 24.1. The van der Waals surface area contributed by atoms with Crippen LogP contribution in [0, 0.1) is 6.92 Å². The minimum Gasteiger partial charge on any atom is -0.482 e. The van der Waals surface area contributed by atoms with Gasteiger partial charge in [-0.25, -0.2) is 4.79 Å². The molecule has 0 fully saturated rings. The summed E-state index contributed by atoms with van der Waals surface area (Å²) in [7, 11) is 0. The number of nitrogens with one attached hydrogen (secondary N) is 1. The summed E-state index contributed by atoms with van der Waals surface area (Å²) < 4.78 is 10.8. The number of carbonyl (C=O) groups is 1. The highest BCUT2D eigenvalue weighted by molar-refractivity contribution is 6.32.